The Hall–Kier alpha value is -1.65. The molecule has 0 saturated carbocycles. The van der Waals surface area contributed by atoms with Crippen LogP contribution in [-0.4, -0.2) is 28.8 Å². The number of alkyl halides is 2. The maximum Gasteiger partial charge on any atom is 0.415 e. The Morgan fingerprint density at radius 3 is 2.23 bits per heavy atom. The highest BCUT2D eigenvalue weighted by molar-refractivity contribution is 7.99. The summed E-state index contributed by atoms with van der Waals surface area (Å²) in [6.45, 7) is -0.180. The van der Waals surface area contributed by atoms with Gasteiger partial charge in [0.1, 0.15) is 18.6 Å². The molecular formula is C17H14F2O5S2. The molecule has 9 heteroatoms. The van der Waals surface area contributed by atoms with Crippen LogP contribution < -0.4 is 0 Å². The van der Waals surface area contributed by atoms with Crippen LogP contribution in [-0.2, 0) is 18.9 Å². The van der Waals surface area contributed by atoms with Crippen LogP contribution in [0.1, 0.15) is 16.4 Å². The lowest BCUT2D eigenvalue weighted by Crippen LogP contribution is -2.28. The maximum atomic E-state index is 13.3. The van der Waals surface area contributed by atoms with Gasteiger partial charge in [-0.05, 0) is 22.3 Å². The van der Waals surface area contributed by atoms with E-state index < -0.39 is 23.3 Å². The van der Waals surface area contributed by atoms with Crippen LogP contribution in [0.5, 0.6) is 0 Å². The zero-order valence-corrected chi connectivity index (χ0v) is 14.9. The van der Waals surface area contributed by atoms with Crippen LogP contribution in [0.15, 0.2) is 48.5 Å². The molecule has 1 aliphatic carbocycles. The van der Waals surface area contributed by atoms with E-state index >= 15 is 0 Å². The number of fused-ring (bicyclic) bond motifs is 3. The third kappa shape index (κ3) is 4.02. The zero-order valence-electron chi connectivity index (χ0n) is 13.3. The van der Waals surface area contributed by atoms with Crippen LogP contribution in [0, 0.1) is 0 Å². The number of halogens is 2. The molecule has 0 atom stereocenters. The van der Waals surface area contributed by atoms with Gasteiger partial charge >= 0.3 is 11.2 Å². The fourth-order valence-electron chi connectivity index (χ4n) is 2.77. The van der Waals surface area contributed by atoms with E-state index in [1.54, 1.807) is 0 Å². The number of carbonyl (C=O) groups is 1. The van der Waals surface area contributed by atoms with Crippen molar-refractivity contribution in [3.8, 4) is 11.1 Å². The lowest BCUT2D eigenvalue weighted by molar-refractivity contribution is -0.433. The van der Waals surface area contributed by atoms with E-state index in [1.807, 2.05) is 36.4 Å². The molecule has 2 aromatic carbocycles. The fraction of sp³-hybridized carbons (Fsp3) is 0.235. The van der Waals surface area contributed by atoms with E-state index in [1.165, 1.54) is 11.8 Å². The quantitative estimate of drug-likeness (QED) is 0.227. The van der Waals surface area contributed by atoms with Crippen molar-refractivity contribution in [1.82, 2.24) is 0 Å². The molecule has 0 radical (unpaired) electrons. The van der Waals surface area contributed by atoms with E-state index in [0.717, 1.165) is 22.3 Å². The molecule has 26 heavy (non-hydrogen) atoms. The second-order valence-corrected chi connectivity index (χ2v) is 7.33. The van der Waals surface area contributed by atoms with Crippen molar-refractivity contribution in [2.75, 3.05) is 12.4 Å². The van der Waals surface area contributed by atoms with Gasteiger partial charge in [0.15, 0.2) is 0 Å². The van der Waals surface area contributed by atoms with Gasteiger partial charge in [-0.25, -0.2) is 10.1 Å². The molecule has 0 amide bonds. The number of ether oxygens (including phenoxy) is 1. The highest BCUT2D eigenvalue weighted by atomic mass is 32.2. The highest BCUT2D eigenvalue weighted by Gasteiger charge is 2.44. The van der Waals surface area contributed by atoms with Crippen LogP contribution in [0.3, 0.4) is 0 Å². The number of carbonyl (C=O) groups excluding carboxylic acids is 1. The fourth-order valence-corrected chi connectivity index (χ4v) is 4.19. The summed E-state index contributed by atoms with van der Waals surface area (Å²) in [6, 6.07) is 16.0. The molecule has 0 bridgehead atoms. The van der Waals surface area contributed by atoms with E-state index in [-0.39, 0.29) is 11.9 Å². The molecule has 3 rings (SSSR count). The summed E-state index contributed by atoms with van der Waals surface area (Å²) < 4.78 is 34.8. The number of thioether (sulfide) groups is 1. The molecule has 1 N–H and O–H groups in total. The molecule has 1 aliphatic rings. The number of hydrogen-bond acceptors (Lipinski definition) is 7. The van der Waals surface area contributed by atoms with Gasteiger partial charge in [0, 0.05) is 5.75 Å². The van der Waals surface area contributed by atoms with Gasteiger partial charge in [0.2, 0.25) is 0 Å². The standard InChI is InChI=1S/C17H14F2O5S2/c18-17(19,26-24-23-21)16(20)22-9-10-25-15-13-7-3-1-5-11(13)12-6-2-4-8-14(12)15/h1-8,15,21H,9-10H2. The Kier molecular flexibility index (Phi) is 6.15. The van der Waals surface area contributed by atoms with E-state index in [4.69, 9.17) is 5.26 Å². The van der Waals surface area contributed by atoms with Gasteiger partial charge in [-0.15, -0.1) is 16.1 Å². The topological polar surface area (TPSA) is 65.0 Å². The van der Waals surface area contributed by atoms with E-state index in [2.05, 4.69) is 26.2 Å². The summed E-state index contributed by atoms with van der Waals surface area (Å²) in [7, 11) is 0. The third-order valence-electron chi connectivity index (χ3n) is 3.78. The highest BCUT2D eigenvalue weighted by Crippen LogP contribution is 2.49. The molecule has 0 spiro atoms. The van der Waals surface area contributed by atoms with E-state index in [9.17, 15) is 13.6 Å². The summed E-state index contributed by atoms with van der Waals surface area (Å²) in [5, 5.41) is 7.02. The van der Waals surface area contributed by atoms with Crippen molar-refractivity contribution in [2.24, 2.45) is 0 Å². The first-order chi connectivity index (χ1) is 12.5. The molecule has 5 nitrogen and oxygen atoms in total. The molecule has 0 saturated heterocycles. The minimum atomic E-state index is -3.97. The van der Waals surface area contributed by atoms with Crippen LogP contribution in [0.4, 0.5) is 8.78 Å². The number of rotatable bonds is 8. The number of esters is 1. The summed E-state index contributed by atoms with van der Waals surface area (Å²) in [5.74, 6) is -1.41. The van der Waals surface area contributed by atoms with Gasteiger partial charge in [0.25, 0.3) is 0 Å². The van der Waals surface area contributed by atoms with Crippen molar-refractivity contribution in [2.45, 2.75) is 10.5 Å². The van der Waals surface area contributed by atoms with Crippen molar-refractivity contribution in [3.05, 3.63) is 59.7 Å². The van der Waals surface area contributed by atoms with Gasteiger partial charge < -0.3 is 4.74 Å². The van der Waals surface area contributed by atoms with Crippen molar-refractivity contribution < 1.29 is 32.9 Å². The van der Waals surface area contributed by atoms with Crippen molar-refractivity contribution >= 4 is 29.8 Å². The zero-order chi connectivity index (χ0) is 18.6. The predicted molar refractivity (Wildman–Crippen MR) is 94.5 cm³/mol. The third-order valence-corrected chi connectivity index (χ3v) is 5.53. The molecule has 0 aromatic heterocycles. The Bertz CT molecular complexity index is 742. The molecule has 0 unspecified atom stereocenters. The normalized spacial score (nSPS) is 13.3. The second-order valence-electron chi connectivity index (χ2n) is 5.30. The van der Waals surface area contributed by atoms with Gasteiger partial charge in [-0.3, -0.25) is 0 Å². The Morgan fingerprint density at radius 2 is 1.65 bits per heavy atom. The van der Waals surface area contributed by atoms with Gasteiger partial charge in [-0.1, -0.05) is 53.6 Å². The summed E-state index contributed by atoms with van der Waals surface area (Å²) >= 11 is 0.880. The lowest BCUT2D eigenvalue weighted by atomic mass is 10.1. The minimum Gasteiger partial charge on any atom is -0.460 e. The van der Waals surface area contributed by atoms with Gasteiger partial charge in [-0.2, -0.15) is 8.78 Å². The molecule has 138 valence electrons. The molecule has 0 fully saturated rings. The molecular weight excluding hydrogens is 386 g/mol. The maximum absolute atomic E-state index is 13.3. The van der Waals surface area contributed by atoms with Crippen LogP contribution >= 0.6 is 23.8 Å². The first-order valence-corrected chi connectivity index (χ1v) is 9.34. The number of hydrogen-bond donors (Lipinski definition) is 1. The van der Waals surface area contributed by atoms with Crippen LogP contribution in [0.2, 0.25) is 0 Å². The average molecular weight is 400 g/mol. The predicted octanol–water partition coefficient (Wildman–Crippen LogP) is 4.70. The molecule has 0 aliphatic heterocycles. The molecule has 0 heterocycles. The van der Waals surface area contributed by atoms with Gasteiger partial charge in [0.05, 0.1) is 5.25 Å². The summed E-state index contributed by atoms with van der Waals surface area (Å²) in [6.07, 6.45) is 0. The summed E-state index contributed by atoms with van der Waals surface area (Å²) in [4.78, 5) is 11.3. The van der Waals surface area contributed by atoms with Crippen molar-refractivity contribution in [3.63, 3.8) is 0 Å². The Balaban J connectivity index is 1.58. The van der Waals surface area contributed by atoms with Crippen molar-refractivity contribution in [1.29, 1.82) is 0 Å². The smallest absolute Gasteiger partial charge is 0.415 e. The Morgan fingerprint density at radius 1 is 1.08 bits per heavy atom. The minimum absolute atomic E-state index is 0.0575. The average Bonchev–Trinajstić information content (AvgIpc) is 2.97. The van der Waals surface area contributed by atoms with E-state index in [0.29, 0.717) is 5.75 Å². The first kappa shape index (κ1) is 19.1. The Labute approximate surface area is 156 Å². The lowest BCUT2D eigenvalue weighted by Gasteiger charge is -2.15. The largest absolute Gasteiger partial charge is 0.460 e. The van der Waals surface area contributed by atoms with Crippen LogP contribution in [0.25, 0.3) is 11.1 Å². The monoisotopic (exact) mass is 400 g/mol. The number of benzene rings is 2. The molecule has 2 aromatic rings. The summed E-state index contributed by atoms with van der Waals surface area (Å²) in [5.41, 5.74) is 4.61. The first-order valence-electron chi connectivity index (χ1n) is 7.55. The SMILES string of the molecule is O=C(OCCSC1c2ccccc2-c2ccccc21)C(F)(F)SOOO. The second kappa shape index (κ2) is 8.36.